The van der Waals surface area contributed by atoms with Gasteiger partial charge in [0.1, 0.15) is 0 Å². The van der Waals surface area contributed by atoms with E-state index in [2.05, 4.69) is 111 Å². The lowest BCUT2D eigenvalue weighted by atomic mass is 9.96. The molecule has 5 rings (SSSR count). The second kappa shape index (κ2) is 8.76. The Hall–Kier alpha value is -2.96. The van der Waals surface area contributed by atoms with E-state index in [1.807, 2.05) is 24.4 Å². The third-order valence-electron chi connectivity index (χ3n) is 6.29. The van der Waals surface area contributed by atoms with Gasteiger partial charge in [-0.05, 0) is 96.9 Å². The first kappa shape index (κ1) is 21.9. The van der Waals surface area contributed by atoms with Crippen LogP contribution < -0.4 is 10.2 Å². The maximum absolute atomic E-state index is 5.88. The van der Waals surface area contributed by atoms with Gasteiger partial charge in [0.25, 0.3) is 0 Å². The lowest BCUT2D eigenvalue weighted by Crippen LogP contribution is -2.29. The second-order valence-corrected chi connectivity index (χ2v) is 9.69. The summed E-state index contributed by atoms with van der Waals surface area (Å²) in [6.45, 7) is 6.44. The molecule has 1 aliphatic heterocycles. The van der Waals surface area contributed by atoms with Crippen LogP contribution in [0, 0.1) is 20.8 Å². The van der Waals surface area contributed by atoms with E-state index < -0.39 is 0 Å². The molecule has 0 spiro atoms. The Kier molecular flexibility index (Phi) is 5.81. The van der Waals surface area contributed by atoms with Gasteiger partial charge < -0.3 is 14.8 Å². The number of aryl methyl sites for hydroxylation is 2. The zero-order valence-electron chi connectivity index (χ0n) is 18.8. The first-order valence-corrected chi connectivity index (χ1v) is 12.2. The number of nitrogens with zero attached hydrogens (tertiary/aromatic N) is 3. The summed E-state index contributed by atoms with van der Waals surface area (Å²) in [7, 11) is 0. The van der Waals surface area contributed by atoms with Crippen LogP contribution in [-0.4, -0.2) is 14.7 Å². The molecule has 2 aromatic carbocycles. The molecular weight excluding hydrogens is 492 g/mol. The maximum Gasteiger partial charge on any atom is 0.174 e. The number of benzene rings is 2. The van der Waals surface area contributed by atoms with Crippen molar-refractivity contribution in [2.45, 2.75) is 32.9 Å². The largest absolute Gasteiger partial charge is 0.351 e. The fourth-order valence-electron chi connectivity index (χ4n) is 4.75. The predicted octanol–water partition coefficient (Wildman–Crippen LogP) is 6.74. The molecule has 0 saturated carbocycles. The summed E-state index contributed by atoms with van der Waals surface area (Å²) >= 11 is 9.61. The molecule has 0 amide bonds. The van der Waals surface area contributed by atoms with E-state index in [4.69, 9.17) is 12.2 Å². The molecule has 33 heavy (non-hydrogen) atoms. The predicted molar refractivity (Wildman–Crippen MR) is 142 cm³/mol. The second-order valence-electron chi connectivity index (χ2n) is 8.45. The fourth-order valence-corrected chi connectivity index (χ4v) is 5.55. The van der Waals surface area contributed by atoms with Crippen LogP contribution in [0.4, 0.5) is 5.69 Å². The first-order valence-electron chi connectivity index (χ1n) is 11.0. The standard InChI is InChI=1S/C27H25BrN4S/c1-17-11-13-20(14-12-17)32-26(25(30-27(32)33)23-9-6-7-15-29-23)21-16-18(2)31(19(21)3)24-10-5-4-8-22(24)28/h4-16,25-26H,1-3H3,(H,30,33)/t25-,26-/m0/s1. The van der Waals surface area contributed by atoms with Gasteiger partial charge in [-0.1, -0.05) is 35.9 Å². The molecule has 1 N–H and O–H groups in total. The van der Waals surface area contributed by atoms with E-state index in [1.165, 1.54) is 22.5 Å². The number of nitrogens with one attached hydrogen (secondary N) is 1. The summed E-state index contributed by atoms with van der Waals surface area (Å²) in [5, 5.41) is 4.28. The van der Waals surface area contributed by atoms with Crippen molar-refractivity contribution >= 4 is 38.9 Å². The van der Waals surface area contributed by atoms with Crippen LogP contribution in [0.25, 0.3) is 5.69 Å². The Bertz CT molecular complexity index is 1310. The van der Waals surface area contributed by atoms with Gasteiger partial charge in [-0.3, -0.25) is 4.98 Å². The number of rotatable bonds is 4. The molecule has 0 bridgehead atoms. The van der Waals surface area contributed by atoms with E-state index >= 15 is 0 Å². The van der Waals surface area contributed by atoms with Gasteiger partial charge in [0, 0.05) is 27.7 Å². The van der Waals surface area contributed by atoms with Crippen molar-refractivity contribution in [3.05, 3.63) is 112 Å². The van der Waals surface area contributed by atoms with Crippen molar-refractivity contribution < 1.29 is 0 Å². The summed E-state index contributed by atoms with van der Waals surface area (Å²) in [5.41, 5.74) is 8.00. The Labute approximate surface area is 208 Å². The van der Waals surface area contributed by atoms with Gasteiger partial charge in [-0.15, -0.1) is 0 Å². The Morgan fingerprint density at radius 1 is 0.939 bits per heavy atom. The number of para-hydroxylation sites is 1. The van der Waals surface area contributed by atoms with E-state index in [-0.39, 0.29) is 12.1 Å². The Morgan fingerprint density at radius 2 is 1.67 bits per heavy atom. The monoisotopic (exact) mass is 516 g/mol. The van der Waals surface area contributed by atoms with Gasteiger partial charge in [0.05, 0.1) is 23.5 Å². The van der Waals surface area contributed by atoms with Crippen molar-refractivity contribution in [3.63, 3.8) is 0 Å². The average Bonchev–Trinajstić information content (AvgIpc) is 3.31. The van der Waals surface area contributed by atoms with Crippen molar-refractivity contribution in [2.24, 2.45) is 0 Å². The van der Waals surface area contributed by atoms with Crippen LogP contribution in [0.15, 0.2) is 83.5 Å². The molecule has 3 heterocycles. The number of hydrogen-bond donors (Lipinski definition) is 1. The van der Waals surface area contributed by atoms with Gasteiger partial charge in [0.15, 0.2) is 5.11 Å². The molecule has 6 heteroatoms. The van der Waals surface area contributed by atoms with E-state index in [1.54, 1.807) is 0 Å². The van der Waals surface area contributed by atoms with Crippen LogP contribution in [-0.2, 0) is 0 Å². The summed E-state index contributed by atoms with van der Waals surface area (Å²) in [4.78, 5) is 6.92. The molecular formula is C27H25BrN4S. The third kappa shape index (κ3) is 3.87. The molecule has 1 saturated heterocycles. The molecule has 4 nitrogen and oxygen atoms in total. The lowest BCUT2D eigenvalue weighted by Gasteiger charge is -2.28. The molecule has 2 aromatic heterocycles. The van der Waals surface area contributed by atoms with Crippen LogP contribution in [0.2, 0.25) is 0 Å². The number of hydrogen-bond acceptors (Lipinski definition) is 2. The Morgan fingerprint density at radius 3 is 2.36 bits per heavy atom. The van der Waals surface area contributed by atoms with E-state index in [0.29, 0.717) is 5.11 Å². The highest BCUT2D eigenvalue weighted by atomic mass is 79.9. The zero-order chi connectivity index (χ0) is 23.1. The topological polar surface area (TPSA) is 33.1 Å². The normalized spacial score (nSPS) is 17.9. The summed E-state index contributed by atoms with van der Waals surface area (Å²) in [6.07, 6.45) is 1.84. The zero-order valence-corrected chi connectivity index (χ0v) is 21.2. The maximum atomic E-state index is 5.88. The fraction of sp³-hybridized carbons (Fsp3) is 0.185. The highest BCUT2D eigenvalue weighted by Gasteiger charge is 2.42. The van der Waals surface area contributed by atoms with Gasteiger partial charge in [0.2, 0.25) is 0 Å². The van der Waals surface area contributed by atoms with E-state index in [9.17, 15) is 0 Å². The molecule has 1 fully saturated rings. The highest BCUT2D eigenvalue weighted by molar-refractivity contribution is 9.10. The van der Waals surface area contributed by atoms with Crippen molar-refractivity contribution in [1.29, 1.82) is 0 Å². The SMILES string of the molecule is Cc1ccc(N2C(=S)N[C@@H](c3ccccn3)[C@@H]2c2cc(C)n(-c3ccccc3Br)c2C)cc1. The molecule has 166 valence electrons. The number of pyridine rings is 1. The minimum absolute atomic E-state index is 0.0301. The van der Waals surface area contributed by atoms with Crippen LogP contribution >= 0.6 is 28.1 Å². The number of aromatic nitrogens is 2. The van der Waals surface area contributed by atoms with Gasteiger partial charge >= 0.3 is 0 Å². The van der Waals surface area contributed by atoms with Gasteiger partial charge in [-0.2, -0.15) is 0 Å². The summed E-state index contributed by atoms with van der Waals surface area (Å²) in [6, 6.07) is 25.1. The van der Waals surface area contributed by atoms with Crippen molar-refractivity contribution in [2.75, 3.05) is 4.90 Å². The molecule has 0 aliphatic carbocycles. The third-order valence-corrected chi connectivity index (χ3v) is 7.28. The number of halogens is 1. The quantitative estimate of drug-likeness (QED) is 0.304. The van der Waals surface area contributed by atoms with Crippen LogP contribution in [0.3, 0.4) is 0 Å². The summed E-state index contributed by atoms with van der Waals surface area (Å²) < 4.78 is 3.37. The smallest absolute Gasteiger partial charge is 0.174 e. The lowest BCUT2D eigenvalue weighted by molar-refractivity contribution is 0.565. The molecule has 0 radical (unpaired) electrons. The number of thiocarbonyl (C=S) groups is 1. The highest BCUT2D eigenvalue weighted by Crippen LogP contribution is 2.44. The van der Waals surface area contributed by atoms with E-state index in [0.717, 1.165) is 21.5 Å². The molecule has 4 aromatic rings. The minimum Gasteiger partial charge on any atom is -0.351 e. The first-order chi connectivity index (χ1) is 16.0. The minimum atomic E-state index is -0.0619. The average molecular weight is 517 g/mol. The molecule has 0 unspecified atom stereocenters. The van der Waals surface area contributed by atoms with Crippen molar-refractivity contribution in [1.82, 2.24) is 14.9 Å². The van der Waals surface area contributed by atoms with Crippen LogP contribution in [0.1, 0.15) is 40.3 Å². The van der Waals surface area contributed by atoms with Gasteiger partial charge in [-0.25, -0.2) is 0 Å². The van der Waals surface area contributed by atoms with Crippen LogP contribution in [0.5, 0.6) is 0 Å². The molecule has 1 aliphatic rings. The Balaban J connectivity index is 1.69. The molecule has 2 atom stereocenters. The number of anilines is 1. The van der Waals surface area contributed by atoms with Crippen molar-refractivity contribution in [3.8, 4) is 5.69 Å². The summed E-state index contributed by atoms with van der Waals surface area (Å²) in [5.74, 6) is 0.